The Bertz CT molecular complexity index is 451. The summed E-state index contributed by atoms with van der Waals surface area (Å²) in [5, 5.41) is 9.69. The number of aliphatic hydroxyl groups is 1. The smallest absolute Gasteiger partial charge is 0.0687 e. The fraction of sp³-hybridized carbons (Fsp3) is 0.667. The number of hydrogen-bond acceptors (Lipinski definition) is 2. The molecule has 2 fully saturated rings. The number of halogens is 1. The third-order valence-corrected chi connectivity index (χ3v) is 5.67. The number of rotatable bonds is 5. The molecule has 1 heterocycles. The van der Waals surface area contributed by atoms with Crippen molar-refractivity contribution in [1.29, 1.82) is 0 Å². The van der Waals surface area contributed by atoms with Gasteiger partial charge in [-0.2, -0.15) is 0 Å². The molecule has 1 spiro atoms. The summed E-state index contributed by atoms with van der Waals surface area (Å²) in [6.07, 6.45) is 9.86. The van der Waals surface area contributed by atoms with Gasteiger partial charge in [-0.05, 0) is 62.1 Å². The molecule has 21 heavy (non-hydrogen) atoms. The van der Waals surface area contributed by atoms with Gasteiger partial charge in [0.25, 0.3) is 0 Å². The van der Waals surface area contributed by atoms with Gasteiger partial charge in [-0.15, -0.1) is 0 Å². The Balaban J connectivity index is 1.54. The first kappa shape index (κ1) is 15.5. The van der Waals surface area contributed by atoms with Crippen LogP contribution in [0.4, 0.5) is 0 Å². The summed E-state index contributed by atoms with van der Waals surface area (Å²) < 4.78 is 7.49. The third kappa shape index (κ3) is 3.88. The highest BCUT2D eigenvalue weighted by atomic mass is 79.9. The summed E-state index contributed by atoms with van der Waals surface area (Å²) >= 11 is 3.46. The van der Waals surface area contributed by atoms with E-state index in [1.165, 1.54) is 44.1 Å². The molecule has 1 aromatic rings. The van der Waals surface area contributed by atoms with Gasteiger partial charge in [0.05, 0.1) is 11.7 Å². The largest absolute Gasteiger partial charge is 0.396 e. The van der Waals surface area contributed by atoms with E-state index >= 15 is 0 Å². The lowest BCUT2D eigenvalue weighted by molar-refractivity contribution is -0.0466. The molecule has 2 atom stereocenters. The molecule has 1 aliphatic carbocycles. The number of aliphatic hydroxyl groups excluding tert-OH is 1. The van der Waals surface area contributed by atoms with Gasteiger partial charge in [-0.25, -0.2) is 0 Å². The van der Waals surface area contributed by atoms with Crippen molar-refractivity contribution in [1.82, 2.24) is 0 Å². The van der Waals surface area contributed by atoms with Crippen molar-refractivity contribution >= 4 is 15.9 Å². The van der Waals surface area contributed by atoms with Crippen LogP contribution < -0.4 is 0 Å². The quantitative estimate of drug-likeness (QED) is 0.846. The van der Waals surface area contributed by atoms with Crippen molar-refractivity contribution in [3.8, 4) is 0 Å². The fourth-order valence-corrected chi connectivity index (χ4v) is 4.26. The van der Waals surface area contributed by atoms with Crippen LogP contribution in [-0.2, 0) is 11.2 Å². The van der Waals surface area contributed by atoms with E-state index in [-0.39, 0.29) is 12.2 Å². The van der Waals surface area contributed by atoms with Crippen LogP contribution in [0.5, 0.6) is 0 Å². The zero-order valence-electron chi connectivity index (χ0n) is 12.6. The monoisotopic (exact) mass is 352 g/mol. The highest BCUT2D eigenvalue weighted by Crippen LogP contribution is 2.44. The molecule has 1 saturated carbocycles. The molecule has 1 aliphatic heterocycles. The van der Waals surface area contributed by atoms with Gasteiger partial charge in [0.15, 0.2) is 0 Å². The van der Waals surface area contributed by atoms with Crippen LogP contribution in [-0.4, -0.2) is 23.4 Å². The van der Waals surface area contributed by atoms with Crippen LogP contribution in [0.2, 0.25) is 0 Å². The molecule has 2 aliphatic rings. The van der Waals surface area contributed by atoms with Crippen LogP contribution in [0.3, 0.4) is 0 Å². The Morgan fingerprint density at radius 1 is 1.19 bits per heavy atom. The molecule has 0 amide bonds. The first-order valence-corrected chi connectivity index (χ1v) is 9.01. The SMILES string of the molecule is OCC(Cc1ccc(Br)cc1)CC1CCC2(CCCC2)O1. The Labute approximate surface area is 136 Å². The minimum atomic E-state index is 0.211. The van der Waals surface area contributed by atoms with Gasteiger partial charge in [-0.3, -0.25) is 0 Å². The maximum absolute atomic E-state index is 9.69. The highest BCUT2D eigenvalue weighted by molar-refractivity contribution is 9.10. The number of ether oxygens (including phenoxy) is 1. The van der Waals surface area contributed by atoms with Crippen molar-refractivity contribution in [2.75, 3.05) is 6.61 Å². The Morgan fingerprint density at radius 2 is 1.90 bits per heavy atom. The molecule has 116 valence electrons. The van der Waals surface area contributed by atoms with Gasteiger partial charge in [-0.1, -0.05) is 40.9 Å². The lowest BCUT2D eigenvalue weighted by Crippen LogP contribution is -2.26. The molecular weight excluding hydrogens is 328 g/mol. The van der Waals surface area contributed by atoms with Gasteiger partial charge >= 0.3 is 0 Å². The summed E-state index contributed by atoms with van der Waals surface area (Å²) in [5.74, 6) is 0.313. The van der Waals surface area contributed by atoms with E-state index in [2.05, 4.69) is 40.2 Å². The van der Waals surface area contributed by atoms with Gasteiger partial charge in [0.1, 0.15) is 0 Å². The Hall–Kier alpha value is -0.380. The maximum Gasteiger partial charge on any atom is 0.0687 e. The first-order chi connectivity index (χ1) is 10.2. The van der Waals surface area contributed by atoms with Crippen molar-refractivity contribution in [2.24, 2.45) is 5.92 Å². The van der Waals surface area contributed by atoms with E-state index in [4.69, 9.17) is 4.74 Å². The molecule has 1 aromatic carbocycles. The van der Waals surface area contributed by atoms with Crippen LogP contribution in [0.15, 0.2) is 28.7 Å². The van der Waals surface area contributed by atoms with E-state index < -0.39 is 0 Å². The minimum absolute atomic E-state index is 0.211. The summed E-state index contributed by atoms with van der Waals surface area (Å²) in [4.78, 5) is 0. The maximum atomic E-state index is 9.69. The number of benzene rings is 1. The van der Waals surface area contributed by atoms with Gasteiger partial charge in [0, 0.05) is 11.1 Å². The molecular formula is C18H25BrO2. The highest BCUT2D eigenvalue weighted by Gasteiger charge is 2.42. The van der Waals surface area contributed by atoms with Crippen LogP contribution in [0, 0.1) is 5.92 Å². The van der Waals surface area contributed by atoms with E-state index in [0.29, 0.717) is 12.0 Å². The average Bonchev–Trinajstić information content (AvgIpc) is 3.11. The summed E-state index contributed by atoms with van der Waals surface area (Å²) in [6.45, 7) is 0.253. The predicted octanol–water partition coefficient (Wildman–Crippen LogP) is 4.48. The van der Waals surface area contributed by atoms with E-state index in [1.54, 1.807) is 0 Å². The second-order valence-corrected chi connectivity index (χ2v) is 7.70. The normalized spacial score (nSPS) is 25.5. The summed E-state index contributed by atoms with van der Waals surface area (Å²) in [7, 11) is 0. The van der Waals surface area contributed by atoms with Crippen molar-refractivity contribution in [3.05, 3.63) is 34.3 Å². The van der Waals surface area contributed by atoms with Gasteiger partial charge in [0.2, 0.25) is 0 Å². The lowest BCUT2D eigenvalue weighted by atomic mass is 9.92. The minimum Gasteiger partial charge on any atom is -0.396 e. The first-order valence-electron chi connectivity index (χ1n) is 8.22. The molecule has 0 bridgehead atoms. The van der Waals surface area contributed by atoms with Gasteiger partial charge < -0.3 is 9.84 Å². The third-order valence-electron chi connectivity index (χ3n) is 5.15. The number of hydrogen-bond donors (Lipinski definition) is 1. The van der Waals surface area contributed by atoms with Crippen LogP contribution >= 0.6 is 15.9 Å². The Morgan fingerprint density at radius 3 is 2.57 bits per heavy atom. The molecule has 3 heteroatoms. The molecule has 1 saturated heterocycles. The summed E-state index contributed by atoms with van der Waals surface area (Å²) in [6, 6.07) is 8.42. The molecule has 0 radical (unpaired) electrons. The lowest BCUT2D eigenvalue weighted by Gasteiger charge is -2.25. The zero-order chi connectivity index (χ0) is 14.7. The zero-order valence-corrected chi connectivity index (χ0v) is 14.1. The second-order valence-electron chi connectivity index (χ2n) is 6.78. The van der Waals surface area contributed by atoms with Crippen molar-refractivity contribution in [2.45, 2.75) is 63.1 Å². The van der Waals surface area contributed by atoms with Crippen LogP contribution in [0.25, 0.3) is 0 Å². The fourth-order valence-electron chi connectivity index (χ4n) is 4.00. The topological polar surface area (TPSA) is 29.5 Å². The van der Waals surface area contributed by atoms with E-state index in [9.17, 15) is 5.11 Å². The Kier molecular flexibility index (Phi) is 5.03. The van der Waals surface area contributed by atoms with E-state index in [0.717, 1.165) is 17.3 Å². The van der Waals surface area contributed by atoms with Crippen molar-refractivity contribution in [3.63, 3.8) is 0 Å². The summed E-state index contributed by atoms with van der Waals surface area (Å²) in [5.41, 5.74) is 1.51. The molecule has 2 unspecified atom stereocenters. The standard InChI is InChI=1S/C18H25BrO2/c19-16-5-3-14(4-6-16)11-15(13-20)12-17-7-10-18(21-17)8-1-2-9-18/h3-6,15,17,20H,1-2,7-13H2. The van der Waals surface area contributed by atoms with Crippen LogP contribution in [0.1, 0.15) is 50.5 Å². The van der Waals surface area contributed by atoms with Crippen molar-refractivity contribution < 1.29 is 9.84 Å². The molecule has 3 rings (SSSR count). The average molecular weight is 353 g/mol. The molecule has 1 N–H and O–H groups in total. The molecule has 2 nitrogen and oxygen atoms in total. The van der Waals surface area contributed by atoms with E-state index in [1.807, 2.05) is 0 Å². The molecule has 0 aromatic heterocycles. The second kappa shape index (κ2) is 6.80. The predicted molar refractivity (Wildman–Crippen MR) is 88.3 cm³/mol.